The molecule has 0 unspecified atom stereocenters. The number of amides is 1. The molecule has 114 valence electrons. The molecule has 0 rings (SSSR count). The Balaban J connectivity index is 3.47. The van der Waals surface area contributed by atoms with E-state index < -0.39 is 0 Å². The van der Waals surface area contributed by atoms with Crippen molar-refractivity contribution in [3.05, 3.63) is 12.7 Å². The number of nitrogens with one attached hydrogen (secondary N) is 1. The Labute approximate surface area is 120 Å². The topological polar surface area (TPSA) is 72.5 Å². The predicted octanol–water partition coefficient (Wildman–Crippen LogP) is 2.15. The standard InChI is InChI=1S/C15H25NO4/c1-4-14(18)16-11-7-5-6-8-13(17)9-10-15(19)20-12(2)3/h4,12H,1,5-11H2,2-3H3,(H,16,18). The highest BCUT2D eigenvalue weighted by atomic mass is 16.5. The van der Waals surface area contributed by atoms with Crippen LogP contribution in [0.15, 0.2) is 12.7 Å². The summed E-state index contributed by atoms with van der Waals surface area (Å²) in [6.45, 7) is 7.52. The van der Waals surface area contributed by atoms with E-state index in [4.69, 9.17) is 4.74 Å². The van der Waals surface area contributed by atoms with Gasteiger partial charge in [-0.05, 0) is 32.8 Å². The summed E-state index contributed by atoms with van der Waals surface area (Å²) in [4.78, 5) is 33.6. The first-order valence-corrected chi connectivity index (χ1v) is 7.07. The SMILES string of the molecule is C=CC(=O)NCCCCCC(=O)CCC(=O)OC(C)C. The molecule has 0 aliphatic rings. The van der Waals surface area contributed by atoms with Gasteiger partial charge in [-0.15, -0.1) is 0 Å². The van der Waals surface area contributed by atoms with Crippen LogP contribution in [-0.4, -0.2) is 30.3 Å². The first kappa shape index (κ1) is 18.4. The monoisotopic (exact) mass is 283 g/mol. The van der Waals surface area contributed by atoms with Crippen LogP contribution in [0.5, 0.6) is 0 Å². The fraction of sp³-hybridized carbons (Fsp3) is 0.667. The zero-order chi connectivity index (χ0) is 15.4. The lowest BCUT2D eigenvalue weighted by Crippen LogP contribution is -2.21. The highest BCUT2D eigenvalue weighted by Gasteiger charge is 2.09. The molecule has 0 atom stereocenters. The van der Waals surface area contributed by atoms with E-state index in [0.29, 0.717) is 13.0 Å². The fourth-order valence-electron chi connectivity index (χ4n) is 1.60. The van der Waals surface area contributed by atoms with Crippen LogP contribution in [0.25, 0.3) is 0 Å². The number of hydrogen-bond acceptors (Lipinski definition) is 4. The van der Waals surface area contributed by atoms with Crippen molar-refractivity contribution in [3.63, 3.8) is 0 Å². The quantitative estimate of drug-likeness (QED) is 0.358. The predicted molar refractivity (Wildman–Crippen MR) is 77.1 cm³/mol. The maximum Gasteiger partial charge on any atom is 0.306 e. The second kappa shape index (κ2) is 11.2. The summed E-state index contributed by atoms with van der Waals surface area (Å²) in [5.41, 5.74) is 0. The highest BCUT2D eigenvalue weighted by molar-refractivity contribution is 5.86. The van der Waals surface area contributed by atoms with E-state index in [1.807, 2.05) is 0 Å². The molecular weight excluding hydrogens is 258 g/mol. The molecule has 20 heavy (non-hydrogen) atoms. The van der Waals surface area contributed by atoms with Crippen molar-refractivity contribution in [1.82, 2.24) is 5.32 Å². The van der Waals surface area contributed by atoms with Crippen molar-refractivity contribution in [1.29, 1.82) is 0 Å². The molecular formula is C15H25NO4. The van der Waals surface area contributed by atoms with Crippen LogP contribution < -0.4 is 5.32 Å². The van der Waals surface area contributed by atoms with Gasteiger partial charge in [0.05, 0.1) is 12.5 Å². The lowest BCUT2D eigenvalue weighted by molar-refractivity contribution is -0.148. The summed E-state index contributed by atoms with van der Waals surface area (Å²) < 4.78 is 4.95. The molecule has 1 N–H and O–H groups in total. The minimum Gasteiger partial charge on any atom is -0.463 e. The summed E-state index contributed by atoms with van der Waals surface area (Å²) >= 11 is 0. The Bertz CT molecular complexity index is 337. The van der Waals surface area contributed by atoms with Crippen molar-refractivity contribution >= 4 is 17.7 Å². The van der Waals surface area contributed by atoms with Gasteiger partial charge >= 0.3 is 5.97 Å². The van der Waals surface area contributed by atoms with Gasteiger partial charge in [0.25, 0.3) is 0 Å². The van der Waals surface area contributed by atoms with Crippen LogP contribution in [-0.2, 0) is 19.1 Å². The number of ketones is 1. The summed E-state index contributed by atoms with van der Waals surface area (Å²) in [5.74, 6) is -0.411. The Hall–Kier alpha value is -1.65. The molecule has 0 heterocycles. The van der Waals surface area contributed by atoms with Crippen molar-refractivity contribution in [2.45, 2.75) is 58.5 Å². The van der Waals surface area contributed by atoms with E-state index in [1.165, 1.54) is 6.08 Å². The zero-order valence-corrected chi connectivity index (χ0v) is 12.4. The number of unbranched alkanes of at least 4 members (excludes halogenated alkanes) is 2. The third-order valence-electron chi connectivity index (χ3n) is 2.59. The van der Waals surface area contributed by atoms with E-state index in [2.05, 4.69) is 11.9 Å². The van der Waals surface area contributed by atoms with Crippen LogP contribution in [0.3, 0.4) is 0 Å². The van der Waals surface area contributed by atoms with E-state index in [-0.39, 0.29) is 36.6 Å². The molecule has 5 heteroatoms. The van der Waals surface area contributed by atoms with Gasteiger partial charge in [0.15, 0.2) is 0 Å². The molecule has 0 spiro atoms. The third-order valence-corrected chi connectivity index (χ3v) is 2.59. The van der Waals surface area contributed by atoms with Gasteiger partial charge in [-0.2, -0.15) is 0 Å². The first-order chi connectivity index (χ1) is 9.45. The van der Waals surface area contributed by atoms with Crippen molar-refractivity contribution in [2.24, 2.45) is 0 Å². The van der Waals surface area contributed by atoms with E-state index in [9.17, 15) is 14.4 Å². The maximum absolute atomic E-state index is 11.5. The zero-order valence-electron chi connectivity index (χ0n) is 12.4. The van der Waals surface area contributed by atoms with Crippen molar-refractivity contribution in [3.8, 4) is 0 Å². The summed E-state index contributed by atoms with van der Waals surface area (Å²) in [5, 5.41) is 2.68. The van der Waals surface area contributed by atoms with Gasteiger partial charge in [0.2, 0.25) is 5.91 Å². The molecule has 0 aliphatic heterocycles. The van der Waals surface area contributed by atoms with Crippen molar-refractivity contribution in [2.75, 3.05) is 6.54 Å². The van der Waals surface area contributed by atoms with Crippen LogP contribution in [0, 0.1) is 0 Å². The molecule has 0 bridgehead atoms. The van der Waals surface area contributed by atoms with Crippen molar-refractivity contribution < 1.29 is 19.1 Å². The van der Waals surface area contributed by atoms with Crippen LogP contribution in [0.1, 0.15) is 52.4 Å². The van der Waals surface area contributed by atoms with Crippen LogP contribution in [0.4, 0.5) is 0 Å². The van der Waals surface area contributed by atoms with Gasteiger partial charge < -0.3 is 10.1 Å². The Kier molecular flexibility index (Phi) is 10.3. The lowest BCUT2D eigenvalue weighted by atomic mass is 10.1. The molecule has 0 aromatic rings. The fourth-order valence-corrected chi connectivity index (χ4v) is 1.60. The molecule has 0 aromatic carbocycles. The molecule has 1 amide bonds. The van der Waals surface area contributed by atoms with E-state index in [1.54, 1.807) is 13.8 Å². The van der Waals surface area contributed by atoms with Gasteiger partial charge in [0, 0.05) is 19.4 Å². The summed E-state index contributed by atoms with van der Waals surface area (Å²) in [7, 11) is 0. The van der Waals surface area contributed by atoms with Gasteiger partial charge in [0.1, 0.15) is 5.78 Å². The van der Waals surface area contributed by atoms with E-state index >= 15 is 0 Å². The first-order valence-electron chi connectivity index (χ1n) is 7.07. The number of carbonyl (C=O) groups is 3. The molecule has 5 nitrogen and oxygen atoms in total. The van der Waals surface area contributed by atoms with E-state index in [0.717, 1.165) is 19.3 Å². The number of esters is 1. The molecule has 0 saturated heterocycles. The second-order valence-electron chi connectivity index (χ2n) is 4.88. The number of Topliss-reactive ketones (excluding diaryl/α,β-unsaturated/α-hetero) is 1. The Morgan fingerprint density at radius 2 is 1.80 bits per heavy atom. The minimum absolute atomic E-state index is 0.0841. The lowest BCUT2D eigenvalue weighted by Gasteiger charge is -2.07. The molecule has 0 aromatic heterocycles. The number of hydrogen-bond donors (Lipinski definition) is 1. The summed E-state index contributed by atoms with van der Waals surface area (Å²) in [6.07, 6.45) is 4.47. The average Bonchev–Trinajstić information content (AvgIpc) is 2.39. The number of ether oxygens (including phenoxy) is 1. The van der Waals surface area contributed by atoms with Crippen LogP contribution >= 0.6 is 0 Å². The van der Waals surface area contributed by atoms with Gasteiger partial charge in [-0.3, -0.25) is 14.4 Å². The maximum atomic E-state index is 11.5. The van der Waals surface area contributed by atoms with Crippen LogP contribution in [0.2, 0.25) is 0 Å². The minimum atomic E-state index is -0.319. The Morgan fingerprint density at radius 3 is 2.40 bits per heavy atom. The Morgan fingerprint density at radius 1 is 1.10 bits per heavy atom. The number of rotatable bonds is 11. The molecule has 0 fully saturated rings. The second-order valence-corrected chi connectivity index (χ2v) is 4.88. The molecule has 0 radical (unpaired) electrons. The molecule has 0 aliphatic carbocycles. The van der Waals surface area contributed by atoms with Gasteiger partial charge in [-0.25, -0.2) is 0 Å². The third kappa shape index (κ3) is 11.4. The molecule has 0 saturated carbocycles. The highest BCUT2D eigenvalue weighted by Crippen LogP contribution is 2.05. The number of carbonyl (C=O) groups excluding carboxylic acids is 3. The van der Waals surface area contributed by atoms with Gasteiger partial charge in [-0.1, -0.05) is 13.0 Å². The normalized spacial score (nSPS) is 10.2. The average molecular weight is 283 g/mol. The summed E-state index contributed by atoms with van der Waals surface area (Å²) in [6, 6.07) is 0. The largest absolute Gasteiger partial charge is 0.463 e. The smallest absolute Gasteiger partial charge is 0.306 e.